The average molecular weight is 245 g/mol. The van der Waals surface area contributed by atoms with Crippen LogP contribution in [0.5, 0.6) is 5.75 Å². The van der Waals surface area contributed by atoms with Crippen molar-refractivity contribution in [2.75, 3.05) is 20.8 Å². The molecule has 18 heavy (non-hydrogen) atoms. The molecule has 4 nitrogen and oxygen atoms in total. The van der Waals surface area contributed by atoms with Crippen LogP contribution in [0.1, 0.15) is 5.56 Å². The molecule has 0 unspecified atom stereocenters. The van der Waals surface area contributed by atoms with Gasteiger partial charge in [0.2, 0.25) is 0 Å². The van der Waals surface area contributed by atoms with Gasteiger partial charge in [0.25, 0.3) is 0 Å². The number of ether oxygens (including phenoxy) is 1. The third kappa shape index (κ3) is 2.98. The van der Waals surface area contributed by atoms with Crippen molar-refractivity contribution in [2.45, 2.75) is 6.54 Å². The predicted octanol–water partition coefficient (Wildman–Crippen LogP) is 1.70. The van der Waals surface area contributed by atoms with Gasteiger partial charge < -0.3 is 4.74 Å². The first kappa shape index (κ1) is 12.8. The predicted molar refractivity (Wildman–Crippen MR) is 74.2 cm³/mol. The molecule has 0 bridgehead atoms. The lowest BCUT2D eigenvalue weighted by Gasteiger charge is -2.16. The fourth-order valence-corrected chi connectivity index (χ4v) is 2.02. The molecule has 96 valence electrons. The van der Waals surface area contributed by atoms with E-state index >= 15 is 0 Å². The molecule has 2 aromatic rings. The largest absolute Gasteiger partial charge is 0.497 e. The molecule has 4 heteroatoms. The fourth-order valence-electron chi connectivity index (χ4n) is 2.02. The Morgan fingerprint density at radius 2 is 1.89 bits per heavy atom. The molecule has 0 radical (unpaired) electrons. The van der Waals surface area contributed by atoms with Crippen LogP contribution >= 0.6 is 0 Å². The number of nitrogens with one attached hydrogen (secondary N) is 1. The van der Waals surface area contributed by atoms with E-state index in [0.717, 1.165) is 12.3 Å². The first-order valence-corrected chi connectivity index (χ1v) is 5.91. The molecule has 0 aliphatic carbocycles. The molecule has 0 heterocycles. The molecule has 0 atom stereocenters. The maximum atomic E-state index is 5.30. The first-order chi connectivity index (χ1) is 8.72. The molecule has 0 aliphatic heterocycles. The highest BCUT2D eigenvalue weighted by molar-refractivity contribution is 5.84. The summed E-state index contributed by atoms with van der Waals surface area (Å²) >= 11 is 0. The lowest BCUT2D eigenvalue weighted by Crippen LogP contribution is -2.34. The Labute approximate surface area is 107 Å². The van der Waals surface area contributed by atoms with Crippen LogP contribution in [-0.4, -0.2) is 25.7 Å². The van der Waals surface area contributed by atoms with Crippen molar-refractivity contribution >= 4 is 10.8 Å². The summed E-state index contributed by atoms with van der Waals surface area (Å²) in [5, 5.41) is 2.42. The van der Waals surface area contributed by atoms with E-state index in [-0.39, 0.29) is 0 Å². The van der Waals surface area contributed by atoms with Crippen LogP contribution in [0.4, 0.5) is 0 Å². The molecule has 0 amide bonds. The minimum absolute atomic E-state index is 0.667. The van der Waals surface area contributed by atoms with Crippen LogP contribution in [0.3, 0.4) is 0 Å². The number of fused-ring (bicyclic) bond motifs is 1. The van der Waals surface area contributed by atoms with Crippen LogP contribution in [0, 0.1) is 0 Å². The van der Waals surface area contributed by atoms with Gasteiger partial charge in [-0.3, -0.25) is 10.7 Å². The molecule has 0 fully saturated rings. The summed E-state index contributed by atoms with van der Waals surface area (Å²) in [5.74, 6) is 6.19. The Hall–Kier alpha value is -1.62. The summed E-state index contributed by atoms with van der Waals surface area (Å²) in [7, 11) is 3.71. The maximum Gasteiger partial charge on any atom is 0.119 e. The van der Waals surface area contributed by atoms with E-state index < -0.39 is 0 Å². The number of benzene rings is 2. The molecule has 0 saturated carbocycles. The van der Waals surface area contributed by atoms with Gasteiger partial charge in [-0.05, 0) is 41.6 Å². The van der Waals surface area contributed by atoms with Crippen LogP contribution in [-0.2, 0) is 6.54 Å². The molecule has 0 saturated heterocycles. The van der Waals surface area contributed by atoms with E-state index in [0.29, 0.717) is 6.67 Å². The molecular weight excluding hydrogens is 226 g/mol. The van der Waals surface area contributed by atoms with Gasteiger partial charge in [0.05, 0.1) is 13.8 Å². The van der Waals surface area contributed by atoms with Crippen molar-refractivity contribution in [1.29, 1.82) is 0 Å². The minimum Gasteiger partial charge on any atom is -0.497 e. The Morgan fingerprint density at radius 1 is 1.17 bits per heavy atom. The number of hydrazine groups is 1. The Kier molecular flexibility index (Phi) is 4.15. The zero-order chi connectivity index (χ0) is 13.0. The van der Waals surface area contributed by atoms with Crippen LogP contribution in [0.15, 0.2) is 36.4 Å². The number of nitrogens with zero attached hydrogens (tertiary/aromatic N) is 1. The first-order valence-electron chi connectivity index (χ1n) is 5.91. The van der Waals surface area contributed by atoms with Gasteiger partial charge in [-0.15, -0.1) is 0 Å². The van der Waals surface area contributed by atoms with Gasteiger partial charge in [-0.1, -0.05) is 18.2 Å². The number of methoxy groups -OCH3 is 1. The lowest BCUT2D eigenvalue weighted by atomic mass is 10.1. The van der Waals surface area contributed by atoms with Gasteiger partial charge in [-0.25, -0.2) is 5.43 Å². The third-order valence-corrected chi connectivity index (χ3v) is 2.93. The van der Waals surface area contributed by atoms with Gasteiger partial charge in [0.15, 0.2) is 0 Å². The van der Waals surface area contributed by atoms with E-state index in [2.05, 4.69) is 34.6 Å². The van der Waals surface area contributed by atoms with E-state index in [1.54, 1.807) is 7.11 Å². The zero-order valence-electron chi connectivity index (χ0n) is 10.8. The van der Waals surface area contributed by atoms with Crippen molar-refractivity contribution in [1.82, 2.24) is 10.3 Å². The Balaban J connectivity index is 2.22. The van der Waals surface area contributed by atoms with E-state index in [1.165, 1.54) is 16.3 Å². The summed E-state index contributed by atoms with van der Waals surface area (Å²) in [6, 6.07) is 12.6. The molecule has 0 spiro atoms. The molecule has 0 aliphatic rings. The van der Waals surface area contributed by atoms with Crippen molar-refractivity contribution in [2.24, 2.45) is 5.84 Å². The monoisotopic (exact) mass is 245 g/mol. The van der Waals surface area contributed by atoms with Crippen molar-refractivity contribution < 1.29 is 4.74 Å². The summed E-state index contributed by atoms with van der Waals surface area (Å²) in [6.45, 7) is 1.53. The van der Waals surface area contributed by atoms with Crippen LogP contribution in [0.2, 0.25) is 0 Å². The molecular formula is C14H19N3O. The van der Waals surface area contributed by atoms with Gasteiger partial charge >= 0.3 is 0 Å². The van der Waals surface area contributed by atoms with Crippen LogP contribution in [0.25, 0.3) is 10.8 Å². The number of hydrogen-bond donors (Lipinski definition) is 2. The Morgan fingerprint density at radius 3 is 2.61 bits per heavy atom. The van der Waals surface area contributed by atoms with Crippen LogP contribution < -0.4 is 16.0 Å². The molecule has 3 N–H and O–H groups in total. The van der Waals surface area contributed by atoms with Gasteiger partial charge in [-0.2, -0.15) is 0 Å². The highest BCUT2D eigenvalue weighted by Gasteiger charge is 2.01. The topological polar surface area (TPSA) is 50.5 Å². The van der Waals surface area contributed by atoms with E-state index in [1.807, 2.05) is 19.2 Å². The smallest absolute Gasteiger partial charge is 0.119 e. The number of nitrogens with two attached hydrogens (primary N) is 1. The lowest BCUT2D eigenvalue weighted by molar-refractivity contribution is 0.302. The quantitative estimate of drug-likeness (QED) is 0.478. The normalized spacial score (nSPS) is 11.1. The fraction of sp³-hybridized carbons (Fsp3) is 0.286. The van der Waals surface area contributed by atoms with Crippen molar-refractivity contribution in [3.05, 3.63) is 42.0 Å². The standard InChI is InChI=1S/C14H19N3O/c1-17(10-16-15)9-11-3-4-13-8-14(18-2)6-5-12(13)7-11/h3-8,16H,9-10,15H2,1-2H3. The minimum atomic E-state index is 0.667. The maximum absolute atomic E-state index is 5.30. The highest BCUT2D eigenvalue weighted by atomic mass is 16.5. The zero-order valence-corrected chi connectivity index (χ0v) is 10.8. The second-order valence-electron chi connectivity index (χ2n) is 4.42. The molecule has 0 aromatic heterocycles. The third-order valence-electron chi connectivity index (χ3n) is 2.93. The summed E-state index contributed by atoms with van der Waals surface area (Å²) in [6.07, 6.45) is 0. The van der Waals surface area contributed by atoms with Gasteiger partial charge in [0.1, 0.15) is 5.75 Å². The van der Waals surface area contributed by atoms with Crippen molar-refractivity contribution in [3.8, 4) is 5.75 Å². The second kappa shape index (κ2) is 5.82. The second-order valence-corrected chi connectivity index (χ2v) is 4.42. The van der Waals surface area contributed by atoms with Crippen molar-refractivity contribution in [3.63, 3.8) is 0 Å². The molecule has 2 rings (SSSR count). The summed E-state index contributed by atoms with van der Waals surface area (Å²) in [5.41, 5.74) is 3.92. The average Bonchev–Trinajstić information content (AvgIpc) is 2.38. The number of hydrogen-bond acceptors (Lipinski definition) is 4. The Bertz CT molecular complexity index is 527. The summed E-state index contributed by atoms with van der Waals surface area (Å²) < 4.78 is 5.22. The highest BCUT2D eigenvalue weighted by Crippen LogP contribution is 2.22. The number of rotatable bonds is 5. The summed E-state index contributed by atoms with van der Waals surface area (Å²) in [4.78, 5) is 2.12. The van der Waals surface area contributed by atoms with E-state index in [4.69, 9.17) is 10.6 Å². The van der Waals surface area contributed by atoms with Gasteiger partial charge in [0, 0.05) is 6.54 Å². The molecule has 2 aromatic carbocycles. The SMILES string of the molecule is COc1ccc2cc(CN(C)CNN)ccc2c1. The van der Waals surface area contributed by atoms with E-state index in [9.17, 15) is 0 Å².